The lowest BCUT2D eigenvalue weighted by molar-refractivity contribution is -0.114. The molecule has 1 aromatic rings. The van der Waals surface area contributed by atoms with Gasteiger partial charge in [0.25, 0.3) is 0 Å². The minimum atomic E-state index is -0.0469. The molecule has 0 spiro atoms. The van der Waals surface area contributed by atoms with Crippen molar-refractivity contribution in [2.24, 2.45) is 0 Å². The molecule has 2 rings (SSSR count). The van der Waals surface area contributed by atoms with Crippen LogP contribution in [0, 0.1) is 0 Å². The zero-order valence-electron chi connectivity index (χ0n) is 10.2. The van der Waals surface area contributed by atoms with Crippen molar-refractivity contribution in [2.75, 3.05) is 25.5 Å². The number of hydrogen-bond donors (Lipinski definition) is 2. The first-order valence-electron chi connectivity index (χ1n) is 5.76. The van der Waals surface area contributed by atoms with Crippen molar-refractivity contribution in [1.82, 2.24) is 5.32 Å². The molecule has 92 valence electrons. The van der Waals surface area contributed by atoms with Gasteiger partial charge in [-0.2, -0.15) is 0 Å². The molecule has 0 atom stereocenters. The quantitative estimate of drug-likeness (QED) is 0.822. The lowest BCUT2D eigenvalue weighted by Crippen LogP contribution is -2.61. The Kier molecular flexibility index (Phi) is 3.45. The Bertz CT molecular complexity index is 391. The predicted octanol–water partition coefficient (Wildman–Crippen LogP) is 1.18. The summed E-state index contributed by atoms with van der Waals surface area (Å²) in [5, 5.41) is 5.98. The number of amides is 1. The Labute approximate surface area is 101 Å². The van der Waals surface area contributed by atoms with Crippen LogP contribution in [0.25, 0.3) is 0 Å². The van der Waals surface area contributed by atoms with Gasteiger partial charge < -0.3 is 15.4 Å². The smallest absolute Gasteiger partial charge is 0.221 e. The number of anilines is 1. The van der Waals surface area contributed by atoms with Crippen molar-refractivity contribution in [2.45, 2.75) is 18.9 Å². The molecule has 4 nitrogen and oxygen atoms in total. The Morgan fingerprint density at radius 3 is 2.47 bits per heavy atom. The number of methoxy groups -OCH3 is 1. The van der Waals surface area contributed by atoms with E-state index in [2.05, 4.69) is 10.6 Å². The summed E-state index contributed by atoms with van der Waals surface area (Å²) in [6.07, 6.45) is 0.900. The molecule has 0 aliphatic carbocycles. The molecule has 4 heteroatoms. The molecule has 0 aromatic heterocycles. The van der Waals surface area contributed by atoms with Crippen molar-refractivity contribution < 1.29 is 9.53 Å². The van der Waals surface area contributed by atoms with Crippen molar-refractivity contribution in [1.29, 1.82) is 0 Å². The lowest BCUT2D eigenvalue weighted by Gasteiger charge is -2.41. The first-order valence-corrected chi connectivity index (χ1v) is 5.76. The molecule has 1 aliphatic rings. The maximum atomic E-state index is 10.9. The summed E-state index contributed by atoms with van der Waals surface area (Å²) >= 11 is 0. The molecule has 1 amide bonds. The molecule has 0 bridgehead atoms. The van der Waals surface area contributed by atoms with E-state index in [1.54, 1.807) is 7.11 Å². The third-order valence-electron chi connectivity index (χ3n) is 3.13. The van der Waals surface area contributed by atoms with E-state index in [1.165, 1.54) is 12.5 Å². The molecule has 0 unspecified atom stereocenters. The van der Waals surface area contributed by atoms with Gasteiger partial charge in [-0.05, 0) is 17.7 Å². The molecule has 1 fully saturated rings. The zero-order chi connectivity index (χ0) is 12.3. The minimum Gasteiger partial charge on any atom is -0.375 e. The highest BCUT2D eigenvalue weighted by atomic mass is 16.5. The topological polar surface area (TPSA) is 50.4 Å². The second kappa shape index (κ2) is 4.85. The van der Waals surface area contributed by atoms with Gasteiger partial charge in [-0.1, -0.05) is 12.1 Å². The second-order valence-electron chi connectivity index (χ2n) is 4.55. The van der Waals surface area contributed by atoms with Gasteiger partial charge >= 0.3 is 0 Å². The summed E-state index contributed by atoms with van der Waals surface area (Å²) in [6, 6.07) is 7.91. The molecular weight excluding hydrogens is 216 g/mol. The number of nitrogens with one attached hydrogen (secondary N) is 2. The van der Waals surface area contributed by atoms with Crippen molar-refractivity contribution in [3.8, 4) is 0 Å². The van der Waals surface area contributed by atoms with E-state index >= 15 is 0 Å². The highest BCUT2D eigenvalue weighted by Crippen LogP contribution is 2.22. The van der Waals surface area contributed by atoms with Gasteiger partial charge in [0, 0.05) is 39.2 Å². The third-order valence-corrected chi connectivity index (χ3v) is 3.13. The van der Waals surface area contributed by atoms with Gasteiger partial charge in [0.15, 0.2) is 0 Å². The number of carbonyl (C=O) groups excluding carboxylic acids is 1. The van der Waals surface area contributed by atoms with Gasteiger partial charge in [-0.3, -0.25) is 4.79 Å². The van der Waals surface area contributed by atoms with Crippen LogP contribution >= 0.6 is 0 Å². The molecule has 17 heavy (non-hydrogen) atoms. The van der Waals surface area contributed by atoms with Crippen LogP contribution in [0.5, 0.6) is 0 Å². The van der Waals surface area contributed by atoms with E-state index in [1.807, 2.05) is 24.3 Å². The van der Waals surface area contributed by atoms with Crippen LogP contribution in [0.15, 0.2) is 24.3 Å². The molecule has 1 aromatic carbocycles. The normalized spacial score (nSPS) is 17.3. The first kappa shape index (κ1) is 12.1. The van der Waals surface area contributed by atoms with Crippen LogP contribution in [0.2, 0.25) is 0 Å². The van der Waals surface area contributed by atoms with Crippen LogP contribution in [0.3, 0.4) is 0 Å². The van der Waals surface area contributed by atoms with Crippen molar-refractivity contribution in [3.63, 3.8) is 0 Å². The Hall–Kier alpha value is -1.39. The molecule has 0 radical (unpaired) electrons. The molecule has 1 saturated heterocycles. The third kappa shape index (κ3) is 2.84. The lowest BCUT2D eigenvalue weighted by atomic mass is 9.89. The summed E-state index contributed by atoms with van der Waals surface area (Å²) in [4.78, 5) is 10.9. The number of benzene rings is 1. The van der Waals surface area contributed by atoms with Gasteiger partial charge in [-0.15, -0.1) is 0 Å². The van der Waals surface area contributed by atoms with E-state index in [4.69, 9.17) is 4.74 Å². The van der Waals surface area contributed by atoms with Gasteiger partial charge in [0.05, 0.1) is 5.60 Å². The van der Waals surface area contributed by atoms with Gasteiger partial charge in [0.2, 0.25) is 5.91 Å². The highest BCUT2D eigenvalue weighted by molar-refractivity contribution is 5.88. The summed E-state index contributed by atoms with van der Waals surface area (Å²) in [5.74, 6) is -0.0469. The van der Waals surface area contributed by atoms with E-state index in [0.717, 1.165) is 25.2 Å². The summed E-state index contributed by atoms with van der Waals surface area (Å²) < 4.78 is 5.54. The standard InChI is InChI=1S/C13H18N2O2/c1-10(16)15-12-5-3-11(4-6-12)7-13(17-2)8-14-9-13/h3-6,14H,7-9H2,1-2H3,(H,15,16). The molecule has 1 heterocycles. The van der Waals surface area contributed by atoms with E-state index in [0.29, 0.717) is 0 Å². The Morgan fingerprint density at radius 2 is 2.06 bits per heavy atom. The van der Waals surface area contributed by atoms with Crippen LogP contribution in [0.4, 0.5) is 5.69 Å². The maximum absolute atomic E-state index is 10.9. The van der Waals surface area contributed by atoms with Crippen molar-refractivity contribution >= 4 is 11.6 Å². The largest absolute Gasteiger partial charge is 0.375 e. The van der Waals surface area contributed by atoms with Crippen LogP contribution in [-0.2, 0) is 16.0 Å². The molecule has 2 N–H and O–H groups in total. The van der Waals surface area contributed by atoms with Gasteiger partial charge in [-0.25, -0.2) is 0 Å². The summed E-state index contributed by atoms with van der Waals surface area (Å²) in [6.45, 7) is 3.31. The molecule has 1 aliphatic heterocycles. The van der Waals surface area contributed by atoms with E-state index in [9.17, 15) is 4.79 Å². The maximum Gasteiger partial charge on any atom is 0.221 e. The fourth-order valence-electron chi connectivity index (χ4n) is 2.03. The van der Waals surface area contributed by atoms with Crippen LogP contribution < -0.4 is 10.6 Å². The monoisotopic (exact) mass is 234 g/mol. The molecular formula is C13H18N2O2. The first-order chi connectivity index (χ1) is 8.13. The fourth-order valence-corrected chi connectivity index (χ4v) is 2.03. The Morgan fingerprint density at radius 1 is 1.41 bits per heavy atom. The van der Waals surface area contributed by atoms with Crippen LogP contribution in [0.1, 0.15) is 12.5 Å². The van der Waals surface area contributed by atoms with Crippen molar-refractivity contribution in [3.05, 3.63) is 29.8 Å². The van der Waals surface area contributed by atoms with E-state index < -0.39 is 0 Å². The van der Waals surface area contributed by atoms with Crippen LogP contribution in [-0.4, -0.2) is 31.7 Å². The fraction of sp³-hybridized carbons (Fsp3) is 0.462. The zero-order valence-corrected chi connectivity index (χ0v) is 10.2. The average molecular weight is 234 g/mol. The predicted molar refractivity (Wildman–Crippen MR) is 67.1 cm³/mol. The number of rotatable bonds is 4. The number of carbonyl (C=O) groups is 1. The highest BCUT2D eigenvalue weighted by Gasteiger charge is 2.36. The SMILES string of the molecule is COC1(Cc2ccc(NC(C)=O)cc2)CNC1. The molecule has 0 saturated carbocycles. The van der Waals surface area contributed by atoms with Gasteiger partial charge in [0.1, 0.15) is 0 Å². The summed E-state index contributed by atoms with van der Waals surface area (Å²) in [7, 11) is 1.76. The second-order valence-corrected chi connectivity index (χ2v) is 4.55. The number of hydrogen-bond acceptors (Lipinski definition) is 3. The Balaban J connectivity index is 2.00. The average Bonchev–Trinajstić information content (AvgIpc) is 2.25. The summed E-state index contributed by atoms with van der Waals surface area (Å²) in [5.41, 5.74) is 2.01. The van der Waals surface area contributed by atoms with E-state index in [-0.39, 0.29) is 11.5 Å². The number of ether oxygens (including phenoxy) is 1. The minimum absolute atomic E-state index is 0.0461.